The summed E-state index contributed by atoms with van der Waals surface area (Å²) in [6.45, 7) is 3.83. The SMILES string of the molecule is CC1(C)OC[C@](C#CSP(I)I)(CO)O1. The van der Waals surface area contributed by atoms with Crippen molar-refractivity contribution in [2.24, 2.45) is 0 Å². The molecular weight excluding hydrogens is 461 g/mol. The average Bonchev–Trinajstić information content (AvgIpc) is 2.42. The quantitative estimate of drug-likeness (QED) is 0.381. The second-order valence-electron chi connectivity index (χ2n) is 3.46. The fourth-order valence-electron chi connectivity index (χ4n) is 1.15. The van der Waals surface area contributed by atoms with Crippen molar-refractivity contribution in [3.05, 3.63) is 0 Å². The molecule has 0 aromatic heterocycles. The summed E-state index contributed by atoms with van der Waals surface area (Å²) in [5.41, 5.74) is -0.838. The molecule has 0 bridgehead atoms. The third-order valence-electron chi connectivity index (χ3n) is 1.74. The van der Waals surface area contributed by atoms with E-state index in [0.29, 0.717) is 6.61 Å². The van der Waals surface area contributed by atoms with Gasteiger partial charge in [-0.15, -0.1) is 0 Å². The van der Waals surface area contributed by atoms with Gasteiger partial charge in [0.25, 0.3) is 0 Å². The number of halogens is 2. The fraction of sp³-hybridized carbons (Fsp3) is 0.750. The van der Waals surface area contributed by atoms with E-state index in [0.717, 1.165) is 0 Å². The van der Waals surface area contributed by atoms with Crippen LogP contribution >= 0.6 is 57.9 Å². The van der Waals surface area contributed by atoms with Crippen molar-refractivity contribution in [1.82, 2.24) is 0 Å². The van der Waals surface area contributed by atoms with Gasteiger partial charge in [0.1, 0.15) is 0 Å². The molecule has 0 aromatic rings. The summed E-state index contributed by atoms with van der Waals surface area (Å²) < 4.78 is 10.9. The molecule has 0 unspecified atom stereocenters. The Labute approximate surface area is 121 Å². The molecule has 86 valence electrons. The maximum atomic E-state index is 9.30. The van der Waals surface area contributed by atoms with Crippen LogP contribution in [0.3, 0.4) is 0 Å². The molecule has 3 nitrogen and oxygen atoms in total. The summed E-state index contributed by atoms with van der Waals surface area (Å²) in [5, 5.41) is 12.3. The van der Waals surface area contributed by atoms with Gasteiger partial charge < -0.3 is 14.6 Å². The lowest BCUT2D eigenvalue weighted by Crippen LogP contribution is -2.36. The zero-order valence-corrected chi connectivity index (χ0v) is 14.3. The molecule has 7 heteroatoms. The topological polar surface area (TPSA) is 38.7 Å². The molecule has 0 aliphatic carbocycles. The van der Waals surface area contributed by atoms with Crippen molar-refractivity contribution in [3.8, 4) is 11.2 Å². The van der Waals surface area contributed by atoms with Crippen LogP contribution in [0.2, 0.25) is 0 Å². The van der Waals surface area contributed by atoms with Crippen LogP contribution in [0.5, 0.6) is 0 Å². The highest BCUT2D eigenvalue weighted by atomic mass is 127. The monoisotopic (exact) mass is 472 g/mol. The van der Waals surface area contributed by atoms with Gasteiger partial charge in [0.05, 0.1) is 15.6 Å². The number of aliphatic hydroxyl groups excluding tert-OH is 1. The second-order valence-corrected chi connectivity index (χ2v) is 21.2. The van der Waals surface area contributed by atoms with Gasteiger partial charge in [-0.2, -0.15) is 0 Å². The predicted octanol–water partition coefficient (Wildman–Crippen LogP) is 3.29. The van der Waals surface area contributed by atoms with Gasteiger partial charge in [-0.3, -0.25) is 0 Å². The zero-order chi connectivity index (χ0) is 11.5. The molecule has 1 heterocycles. The van der Waals surface area contributed by atoms with Crippen molar-refractivity contribution >= 4 is 57.9 Å². The van der Waals surface area contributed by atoms with E-state index in [2.05, 4.69) is 55.3 Å². The first-order valence-electron chi connectivity index (χ1n) is 4.15. The normalized spacial score (nSPS) is 28.9. The Bertz CT molecular complexity index is 289. The largest absolute Gasteiger partial charge is 0.392 e. The van der Waals surface area contributed by atoms with Crippen molar-refractivity contribution in [2.45, 2.75) is 25.2 Å². The van der Waals surface area contributed by atoms with E-state index in [4.69, 9.17) is 9.47 Å². The van der Waals surface area contributed by atoms with E-state index in [-0.39, 0.29) is 9.02 Å². The number of aliphatic hydroxyl groups is 1. The van der Waals surface area contributed by atoms with E-state index >= 15 is 0 Å². The number of hydrogen-bond acceptors (Lipinski definition) is 4. The Morgan fingerprint density at radius 1 is 1.53 bits per heavy atom. The van der Waals surface area contributed by atoms with E-state index in [1.807, 2.05) is 13.8 Å². The molecule has 0 saturated carbocycles. The Morgan fingerprint density at radius 3 is 2.60 bits per heavy atom. The maximum absolute atomic E-state index is 9.30. The molecule has 1 rings (SSSR count). The summed E-state index contributed by atoms with van der Waals surface area (Å²) in [6.07, 6.45) is 0. The van der Waals surface area contributed by atoms with E-state index < -0.39 is 11.4 Å². The fourth-order valence-corrected chi connectivity index (χ4v) is 3.57. The van der Waals surface area contributed by atoms with Crippen LogP contribution in [0.1, 0.15) is 13.8 Å². The highest BCUT2D eigenvalue weighted by Crippen LogP contribution is 2.64. The molecule has 1 N–H and O–H groups in total. The number of ether oxygens (including phenoxy) is 2. The van der Waals surface area contributed by atoms with Crippen LogP contribution in [0.4, 0.5) is 0 Å². The molecule has 0 aromatic carbocycles. The Kier molecular flexibility index (Phi) is 5.92. The predicted molar refractivity (Wildman–Crippen MR) is 81.3 cm³/mol. The van der Waals surface area contributed by atoms with Crippen LogP contribution in [0.25, 0.3) is 0 Å². The van der Waals surface area contributed by atoms with E-state index in [1.165, 1.54) is 0 Å². The van der Waals surface area contributed by atoms with Gasteiger partial charge in [-0.05, 0) is 74.6 Å². The minimum Gasteiger partial charge on any atom is -0.392 e. The zero-order valence-electron chi connectivity index (χ0n) is 8.29. The van der Waals surface area contributed by atoms with Crippen LogP contribution < -0.4 is 0 Å². The van der Waals surface area contributed by atoms with Gasteiger partial charge >= 0.3 is 0 Å². The van der Waals surface area contributed by atoms with Gasteiger partial charge in [-0.25, -0.2) is 0 Å². The highest BCUT2D eigenvalue weighted by molar-refractivity contribution is 14.3. The lowest BCUT2D eigenvalue weighted by atomic mass is 10.1. The van der Waals surface area contributed by atoms with Crippen molar-refractivity contribution in [1.29, 1.82) is 0 Å². The highest BCUT2D eigenvalue weighted by Gasteiger charge is 2.44. The number of hydrogen-bond donors (Lipinski definition) is 1. The third kappa shape index (κ3) is 4.82. The molecule has 1 aliphatic heterocycles. The van der Waals surface area contributed by atoms with E-state index in [1.54, 1.807) is 11.4 Å². The van der Waals surface area contributed by atoms with Gasteiger partial charge in [0.2, 0.25) is 0 Å². The smallest absolute Gasteiger partial charge is 0.178 e. The van der Waals surface area contributed by atoms with Crippen molar-refractivity contribution in [2.75, 3.05) is 13.2 Å². The van der Waals surface area contributed by atoms with Crippen molar-refractivity contribution < 1.29 is 14.6 Å². The molecule has 15 heavy (non-hydrogen) atoms. The summed E-state index contributed by atoms with van der Waals surface area (Å²) in [7, 11) is 0. The van der Waals surface area contributed by atoms with Crippen molar-refractivity contribution in [3.63, 3.8) is 0 Å². The molecular formula is C8H11I2O3PS. The summed E-state index contributed by atoms with van der Waals surface area (Å²) in [6, 6.07) is 0. The third-order valence-corrected chi connectivity index (χ3v) is 6.31. The lowest BCUT2D eigenvalue weighted by Gasteiger charge is -2.21. The molecule has 0 spiro atoms. The Morgan fingerprint density at radius 2 is 2.20 bits per heavy atom. The Hall–Kier alpha value is 1.68. The second kappa shape index (κ2) is 6.03. The first-order valence-corrected chi connectivity index (χ1v) is 12.5. The summed E-state index contributed by atoms with van der Waals surface area (Å²) >= 11 is 6.22. The minimum atomic E-state index is -0.838. The lowest BCUT2D eigenvalue weighted by molar-refractivity contribution is -0.155. The van der Waals surface area contributed by atoms with Crippen LogP contribution in [0.15, 0.2) is 0 Å². The van der Waals surface area contributed by atoms with Crippen LogP contribution in [0, 0.1) is 11.2 Å². The van der Waals surface area contributed by atoms with Crippen LogP contribution in [-0.2, 0) is 9.47 Å². The average molecular weight is 472 g/mol. The van der Waals surface area contributed by atoms with Gasteiger partial charge in [-0.1, -0.05) is 5.92 Å². The summed E-state index contributed by atoms with van der Waals surface area (Å²) in [5.74, 6) is 2.30. The standard InChI is InChI=1S/C8H11I2O3PS/c1-7(2)12-6-8(5-11,13-7)3-4-15-14(9)10/h11H,5-6H2,1-2H3/t8-/m0/s1. The molecule has 1 saturated heterocycles. The molecule has 0 radical (unpaired) electrons. The minimum absolute atomic E-state index is 0.135. The van der Waals surface area contributed by atoms with Crippen LogP contribution in [-0.4, -0.2) is 29.7 Å². The Balaban J connectivity index is 2.66. The van der Waals surface area contributed by atoms with Gasteiger partial charge in [0.15, 0.2) is 11.4 Å². The van der Waals surface area contributed by atoms with E-state index in [9.17, 15) is 5.11 Å². The molecule has 1 fully saturated rings. The molecule has 0 amide bonds. The summed E-state index contributed by atoms with van der Waals surface area (Å²) in [4.78, 5) is 0. The maximum Gasteiger partial charge on any atom is 0.178 e. The number of rotatable bonds is 2. The first-order chi connectivity index (χ1) is 6.89. The first kappa shape index (κ1) is 14.7. The van der Waals surface area contributed by atoms with Gasteiger partial charge in [0, 0.05) is 0 Å². The molecule has 1 atom stereocenters. The molecule has 1 aliphatic rings.